The minimum Gasteiger partial charge on any atom is -0.493 e. The summed E-state index contributed by atoms with van der Waals surface area (Å²) in [5, 5.41) is 6.12. The van der Waals surface area contributed by atoms with E-state index < -0.39 is 0 Å². The highest BCUT2D eigenvalue weighted by Gasteiger charge is 2.17. The SMILES string of the molecule is COc1cc(C(=O)Nc2ccc(Nc3nc(C)cc(N4CCOCC4)n3)cc2)cc(OC)c1OC. The average Bonchev–Trinajstić information content (AvgIpc) is 2.89. The van der Waals surface area contributed by atoms with Gasteiger partial charge in [-0.2, -0.15) is 4.98 Å². The van der Waals surface area contributed by atoms with Crippen LogP contribution >= 0.6 is 0 Å². The van der Waals surface area contributed by atoms with E-state index >= 15 is 0 Å². The molecule has 0 unspecified atom stereocenters. The minimum absolute atomic E-state index is 0.304. The van der Waals surface area contributed by atoms with E-state index in [1.165, 1.54) is 21.3 Å². The lowest BCUT2D eigenvalue weighted by Gasteiger charge is -2.28. The number of methoxy groups -OCH3 is 3. The summed E-state index contributed by atoms with van der Waals surface area (Å²) in [6.45, 7) is 4.93. The maximum atomic E-state index is 12.8. The average molecular weight is 480 g/mol. The number of carbonyl (C=O) groups excluding carboxylic acids is 1. The molecular formula is C25H29N5O5. The molecule has 1 aliphatic rings. The zero-order valence-electron chi connectivity index (χ0n) is 20.3. The maximum absolute atomic E-state index is 12.8. The lowest BCUT2D eigenvalue weighted by Crippen LogP contribution is -2.36. The fraction of sp³-hybridized carbons (Fsp3) is 0.320. The summed E-state index contributed by atoms with van der Waals surface area (Å²) in [6, 6.07) is 12.5. The highest BCUT2D eigenvalue weighted by atomic mass is 16.5. The molecular weight excluding hydrogens is 450 g/mol. The number of benzene rings is 2. The molecule has 184 valence electrons. The van der Waals surface area contributed by atoms with Gasteiger partial charge in [0.05, 0.1) is 34.5 Å². The number of hydrogen-bond donors (Lipinski definition) is 2. The van der Waals surface area contributed by atoms with E-state index in [0.717, 1.165) is 30.3 Å². The standard InChI is InChI=1S/C25H29N5O5/c1-16-13-22(30-9-11-35-12-10-30)29-25(26-16)28-19-7-5-18(6-8-19)27-24(31)17-14-20(32-2)23(34-4)21(15-17)33-3/h5-8,13-15H,9-12H2,1-4H3,(H,27,31)(H,26,28,29). The number of aryl methyl sites for hydroxylation is 1. The van der Waals surface area contributed by atoms with E-state index in [1.807, 2.05) is 25.1 Å². The molecule has 2 aromatic carbocycles. The summed E-state index contributed by atoms with van der Waals surface area (Å²) in [5.41, 5.74) is 2.69. The summed E-state index contributed by atoms with van der Waals surface area (Å²) in [4.78, 5) is 24.2. The smallest absolute Gasteiger partial charge is 0.255 e. The Kier molecular flexibility index (Phi) is 7.51. The largest absolute Gasteiger partial charge is 0.493 e. The molecule has 1 aliphatic heterocycles. The van der Waals surface area contributed by atoms with E-state index in [0.29, 0.717) is 47.7 Å². The Hall–Kier alpha value is -4.05. The Bertz CT molecular complexity index is 1150. The molecule has 0 saturated carbocycles. The van der Waals surface area contributed by atoms with Gasteiger partial charge in [-0.25, -0.2) is 4.98 Å². The molecule has 10 heteroatoms. The molecule has 1 amide bonds. The van der Waals surface area contributed by atoms with E-state index in [4.69, 9.17) is 18.9 Å². The lowest BCUT2D eigenvalue weighted by molar-refractivity contribution is 0.102. The molecule has 3 aromatic rings. The zero-order valence-corrected chi connectivity index (χ0v) is 20.3. The minimum atomic E-state index is -0.304. The lowest BCUT2D eigenvalue weighted by atomic mass is 10.1. The highest BCUT2D eigenvalue weighted by molar-refractivity contribution is 6.05. The number of hydrogen-bond acceptors (Lipinski definition) is 9. The summed E-state index contributed by atoms with van der Waals surface area (Å²) >= 11 is 0. The van der Waals surface area contributed by atoms with E-state index in [9.17, 15) is 4.79 Å². The predicted molar refractivity (Wildman–Crippen MR) is 134 cm³/mol. The van der Waals surface area contributed by atoms with Gasteiger partial charge in [-0.1, -0.05) is 0 Å². The topological polar surface area (TPSA) is 107 Å². The van der Waals surface area contributed by atoms with Gasteiger partial charge in [0.15, 0.2) is 11.5 Å². The molecule has 4 rings (SSSR count). The van der Waals surface area contributed by atoms with Gasteiger partial charge < -0.3 is 34.5 Å². The third-order valence-corrected chi connectivity index (χ3v) is 5.50. The van der Waals surface area contributed by atoms with Crippen molar-refractivity contribution < 1.29 is 23.7 Å². The van der Waals surface area contributed by atoms with Crippen LogP contribution in [-0.2, 0) is 4.74 Å². The van der Waals surface area contributed by atoms with Gasteiger partial charge in [-0.15, -0.1) is 0 Å². The van der Waals surface area contributed by atoms with E-state index in [-0.39, 0.29) is 5.91 Å². The maximum Gasteiger partial charge on any atom is 0.255 e. The van der Waals surface area contributed by atoms with Crippen LogP contribution in [0.1, 0.15) is 16.1 Å². The van der Waals surface area contributed by atoms with Gasteiger partial charge >= 0.3 is 0 Å². The molecule has 0 atom stereocenters. The Labute approximate surface area is 204 Å². The number of amides is 1. The van der Waals surface area contributed by atoms with Crippen LogP contribution in [0.4, 0.5) is 23.1 Å². The number of anilines is 4. The monoisotopic (exact) mass is 479 g/mol. The van der Waals surface area contributed by atoms with Crippen LogP contribution in [0.3, 0.4) is 0 Å². The van der Waals surface area contributed by atoms with Crippen molar-refractivity contribution >= 4 is 29.0 Å². The first kappa shape index (κ1) is 24.1. The van der Waals surface area contributed by atoms with Crippen LogP contribution in [0.25, 0.3) is 0 Å². The first-order valence-electron chi connectivity index (χ1n) is 11.2. The fourth-order valence-electron chi connectivity index (χ4n) is 3.74. The molecule has 0 aliphatic carbocycles. The molecule has 0 bridgehead atoms. The molecule has 1 saturated heterocycles. The molecule has 0 spiro atoms. The number of nitrogens with zero attached hydrogens (tertiary/aromatic N) is 3. The Morgan fingerprint density at radius 3 is 2.14 bits per heavy atom. The third-order valence-electron chi connectivity index (χ3n) is 5.50. The van der Waals surface area contributed by atoms with Crippen LogP contribution < -0.4 is 29.7 Å². The van der Waals surface area contributed by atoms with E-state index in [2.05, 4.69) is 25.5 Å². The second-order valence-corrected chi connectivity index (χ2v) is 7.86. The number of morpholine rings is 1. The molecule has 1 fully saturated rings. The summed E-state index contributed by atoms with van der Waals surface area (Å²) in [7, 11) is 4.53. The van der Waals surface area contributed by atoms with Gasteiger partial charge in [0.25, 0.3) is 5.91 Å². The van der Waals surface area contributed by atoms with Crippen LogP contribution in [0, 0.1) is 6.92 Å². The number of carbonyl (C=O) groups is 1. The Morgan fingerprint density at radius 2 is 1.54 bits per heavy atom. The first-order valence-corrected chi connectivity index (χ1v) is 11.2. The number of ether oxygens (including phenoxy) is 4. The summed E-state index contributed by atoms with van der Waals surface area (Å²) in [6.07, 6.45) is 0. The van der Waals surface area contributed by atoms with Crippen molar-refractivity contribution in [2.45, 2.75) is 6.92 Å². The van der Waals surface area contributed by atoms with Gasteiger partial charge in [0.2, 0.25) is 11.7 Å². The number of rotatable bonds is 8. The molecule has 10 nitrogen and oxygen atoms in total. The van der Waals surface area contributed by atoms with E-state index in [1.54, 1.807) is 24.3 Å². The van der Waals surface area contributed by atoms with Crippen molar-refractivity contribution in [2.75, 3.05) is 63.2 Å². The van der Waals surface area contributed by atoms with Crippen LogP contribution in [0.2, 0.25) is 0 Å². The second kappa shape index (κ2) is 10.9. The molecule has 2 heterocycles. The number of aromatic nitrogens is 2. The van der Waals surface area contributed by atoms with Crippen LogP contribution in [0.15, 0.2) is 42.5 Å². The van der Waals surface area contributed by atoms with Crippen molar-refractivity contribution in [1.29, 1.82) is 0 Å². The molecule has 0 radical (unpaired) electrons. The molecule has 1 aromatic heterocycles. The second-order valence-electron chi connectivity index (χ2n) is 7.86. The van der Waals surface area contributed by atoms with Gasteiger partial charge in [0, 0.05) is 41.8 Å². The van der Waals surface area contributed by atoms with Crippen molar-refractivity contribution in [1.82, 2.24) is 9.97 Å². The molecule has 35 heavy (non-hydrogen) atoms. The van der Waals surface area contributed by atoms with Gasteiger partial charge in [0.1, 0.15) is 5.82 Å². The number of nitrogens with one attached hydrogen (secondary N) is 2. The van der Waals surface area contributed by atoms with Crippen molar-refractivity contribution in [3.05, 3.63) is 53.7 Å². The van der Waals surface area contributed by atoms with Gasteiger partial charge in [-0.3, -0.25) is 4.79 Å². The molecule has 2 N–H and O–H groups in total. The normalized spacial score (nSPS) is 13.2. The van der Waals surface area contributed by atoms with Crippen LogP contribution in [-0.4, -0.2) is 63.5 Å². The predicted octanol–water partition coefficient (Wildman–Crippen LogP) is 3.64. The third kappa shape index (κ3) is 5.72. The first-order chi connectivity index (χ1) is 17.0. The van der Waals surface area contributed by atoms with Crippen molar-refractivity contribution in [3.8, 4) is 17.2 Å². The summed E-state index contributed by atoms with van der Waals surface area (Å²) < 4.78 is 21.4. The fourth-order valence-corrected chi connectivity index (χ4v) is 3.74. The van der Waals surface area contributed by atoms with Crippen molar-refractivity contribution in [2.24, 2.45) is 0 Å². The summed E-state index contributed by atoms with van der Waals surface area (Å²) in [5.74, 6) is 2.33. The van der Waals surface area contributed by atoms with Crippen LogP contribution in [0.5, 0.6) is 17.2 Å². The Balaban J connectivity index is 1.45. The highest BCUT2D eigenvalue weighted by Crippen LogP contribution is 2.38. The quantitative estimate of drug-likeness (QED) is 0.501. The zero-order chi connectivity index (χ0) is 24.8. The Morgan fingerprint density at radius 1 is 0.914 bits per heavy atom. The van der Waals surface area contributed by atoms with Gasteiger partial charge in [-0.05, 0) is 43.3 Å². The van der Waals surface area contributed by atoms with Crippen molar-refractivity contribution in [3.63, 3.8) is 0 Å².